The minimum absolute atomic E-state index is 0.0549. The van der Waals surface area contributed by atoms with Gasteiger partial charge in [0.15, 0.2) is 17.5 Å². The molecule has 1 aromatic heterocycles. The van der Waals surface area contributed by atoms with Crippen LogP contribution in [0.25, 0.3) is 0 Å². The molecule has 2 rings (SSSR count). The molecule has 2 aromatic rings. The summed E-state index contributed by atoms with van der Waals surface area (Å²) in [5, 5.41) is 6.11. The molecular formula is C10H8F3N3O. The Bertz CT molecular complexity index is 542. The minimum Gasteiger partial charge on any atom is -0.375 e. The number of aromatic nitrogens is 2. The van der Waals surface area contributed by atoms with E-state index in [0.717, 1.165) is 6.07 Å². The van der Waals surface area contributed by atoms with Gasteiger partial charge >= 0.3 is 0 Å². The summed E-state index contributed by atoms with van der Waals surface area (Å²) in [5.74, 6) is -2.58. The van der Waals surface area contributed by atoms with Crippen LogP contribution in [0, 0.1) is 24.4 Å². The molecule has 4 nitrogen and oxygen atoms in total. The average molecular weight is 243 g/mol. The third kappa shape index (κ3) is 2.55. The first kappa shape index (κ1) is 11.4. The van der Waals surface area contributed by atoms with Crippen molar-refractivity contribution in [1.82, 2.24) is 10.1 Å². The van der Waals surface area contributed by atoms with E-state index < -0.39 is 17.5 Å². The van der Waals surface area contributed by atoms with Crippen LogP contribution in [-0.2, 0) is 6.54 Å². The van der Waals surface area contributed by atoms with Gasteiger partial charge in [0.05, 0.1) is 12.2 Å². The van der Waals surface area contributed by atoms with Gasteiger partial charge in [0, 0.05) is 19.1 Å². The van der Waals surface area contributed by atoms with Crippen LogP contribution in [0.1, 0.15) is 11.7 Å². The van der Waals surface area contributed by atoms with Crippen molar-refractivity contribution in [3.05, 3.63) is 41.3 Å². The van der Waals surface area contributed by atoms with E-state index in [1.807, 2.05) is 0 Å². The van der Waals surface area contributed by atoms with E-state index in [4.69, 9.17) is 4.52 Å². The van der Waals surface area contributed by atoms with Crippen molar-refractivity contribution >= 4 is 5.69 Å². The van der Waals surface area contributed by atoms with E-state index in [9.17, 15) is 13.2 Å². The molecule has 0 saturated carbocycles. The van der Waals surface area contributed by atoms with Gasteiger partial charge in [-0.15, -0.1) is 0 Å². The molecular weight excluding hydrogens is 235 g/mol. The van der Waals surface area contributed by atoms with Gasteiger partial charge < -0.3 is 9.84 Å². The second kappa shape index (κ2) is 4.44. The van der Waals surface area contributed by atoms with Gasteiger partial charge in [0.2, 0.25) is 5.89 Å². The molecule has 0 unspecified atom stereocenters. The number of benzene rings is 1. The molecule has 0 aliphatic rings. The zero-order valence-electron chi connectivity index (χ0n) is 8.80. The Morgan fingerprint density at radius 1 is 1.18 bits per heavy atom. The highest BCUT2D eigenvalue weighted by molar-refractivity contribution is 5.45. The first-order chi connectivity index (χ1) is 8.06. The van der Waals surface area contributed by atoms with Gasteiger partial charge in [0.25, 0.3) is 0 Å². The Morgan fingerprint density at radius 3 is 2.53 bits per heavy atom. The minimum atomic E-state index is -1.23. The maximum Gasteiger partial charge on any atom is 0.223 e. The van der Waals surface area contributed by atoms with Crippen molar-refractivity contribution < 1.29 is 17.7 Å². The predicted molar refractivity (Wildman–Crippen MR) is 52.7 cm³/mol. The zero-order chi connectivity index (χ0) is 12.4. The predicted octanol–water partition coefficient (Wildman–Crippen LogP) is 2.41. The lowest BCUT2D eigenvalue weighted by Crippen LogP contribution is -2.04. The normalized spacial score (nSPS) is 10.6. The highest BCUT2D eigenvalue weighted by atomic mass is 19.2. The fraction of sp³-hybridized carbons (Fsp3) is 0.200. The Kier molecular flexibility index (Phi) is 2.99. The van der Waals surface area contributed by atoms with Crippen molar-refractivity contribution in [1.29, 1.82) is 0 Å². The van der Waals surface area contributed by atoms with Crippen molar-refractivity contribution in [2.45, 2.75) is 13.5 Å². The molecule has 0 aliphatic carbocycles. The number of nitrogens with zero attached hydrogens (tertiary/aromatic N) is 2. The highest BCUT2D eigenvalue weighted by Gasteiger charge is 2.10. The maximum atomic E-state index is 13.2. The Labute approximate surface area is 94.4 Å². The Morgan fingerprint density at radius 2 is 1.88 bits per heavy atom. The Hall–Kier alpha value is -2.05. The fourth-order valence-electron chi connectivity index (χ4n) is 1.25. The number of rotatable bonds is 3. The number of halogens is 3. The van der Waals surface area contributed by atoms with E-state index in [1.165, 1.54) is 0 Å². The summed E-state index contributed by atoms with van der Waals surface area (Å²) in [6.07, 6.45) is 0. The topological polar surface area (TPSA) is 51.0 Å². The van der Waals surface area contributed by atoms with Crippen molar-refractivity contribution in [2.75, 3.05) is 5.32 Å². The lowest BCUT2D eigenvalue weighted by Gasteiger charge is -2.05. The van der Waals surface area contributed by atoms with Gasteiger partial charge in [-0.3, -0.25) is 0 Å². The van der Waals surface area contributed by atoms with Crippen LogP contribution in [0.5, 0.6) is 0 Å². The molecule has 0 spiro atoms. The molecule has 1 N–H and O–H groups in total. The smallest absolute Gasteiger partial charge is 0.223 e. The van der Waals surface area contributed by atoms with Crippen molar-refractivity contribution in [2.24, 2.45) is 0 Å². The van der Waals surface area contributed by atoms with Crippen LogP contribution in [-0.4, -0.2) is 10.1 Å². The largest absolute Gasteiger partial charge is 0.375 e. The quantitative estimate of drug-likeness (QED) is 0.841. The summed E-state index contributed by atoms with van der Waals surface area (Å²) < 4.78 is 43.4. The molecule has 90 valence electrons. The van der Waals surface area contributed by atoms with Crippen LogP contribution in [0.2, 0.25) is 0 Å². The molecule has 0 bridgehead atoms. The van der Waals surface area contributed by atoms with Crippen LogP contribution < -0.4 is 5.32 Å². The molecule has 0 fully saturated rings. The molecule has 17 heavy (non-hydrogen) atoms. The second-order valence-corrected chi connectivity index (χ2v) is 3.33. The van der Waals surface area contributed by atoms with E-state index >= 15 is 0 Å². The monoisotopic (exact) mass is 243 g/mol. The number of aryl methyl sites for hydroxylation is 1. The lowest BCUT2D eigenvalue weighted by molar-refractivity contribution is 0.388. The van der Waals surface area contributed by atoms with E-state index in [0.29, 0.717) is 17.8 Å². The van der Waals surface area contributed by atoms with Gasteiger partial charge in [-0.2, -0.15) is 4.98 Å². The zero-order valence-corrected chi connectivity index (χ0v) is 8.80. The molecule has 7 heteroatoms. The summed E-state index contributed by atoms with van der Waals surface area (Å²) in [6, 6.07) is 1.21. The Balaban J connectivity index is 2.11. The molecule has 0 aliphatic heterocycles. The molecule has 1 aromatic carbocycles. The van der Waals surface area contributed by atoms with E-state index in [1.54, 1.807) is 6.92 Å². The maximum absolute atomic E-state index is 13.2. The third-order valence-electron chi connectivity index (χ3n) is 2.02. The summed E-state index contributed by atoms with van der Waals surface area (Å²) >= 11 is 0. The van der Waals surface area contributed by atoms with Crippen molar-refractivity contribution in [3.8, 4) is 0 Å². The van der Waals surface area contributed by atoms with Crippen LogP contribution >= 0.6 is 0 Å². The molecule has 0 radical (unpaired) electrons. The van der Waals surface area contributed by atoms with E-state index in [2.05, 4.69) is 15.5 Å². The first-order valence-corrected chi connectivity index (χ1v) is 4.74. The van der Waals surface area contributed by atoms with E-state index in [-0.39, 0.29) is 12.2 Å². The first-order valence-electron chi connectivity index (χ1n) is 4.74. The highest BCUT2D eigenvalue weighted by Crippen LogP contribution is 2.18. The summed E-state index contributed by atoms with van der Waals surface area (Å²) in [4.78, 5) is 3.86. The number of hydrogen-bond acceptors (Lipinski definition) is 4. The van der Waals surface area contributed by atoms with Crippen LogP contribution in [0.4, 0.5) is 18.9 Å². The SMILES string of the molecule is Cc1nc(CNc2cc(F)c(F)cc2F)no1. The van der Waals surface area contributed by atoms with Crippen LogP contribution in [0.15, 0.2) is 16.7 Å². The van der Waals surface area contributed by atoms with Gasteiger partial charge in [-0.1, -0.05) is 5.16 Å². The molecule has 0 atom stereocenters. The molecule has 0 amide bonds. The van der Waals surface area contributed by atoms with Gasteiger partial charge in [-0.05, 0) is 0 Å². The summed E-state index contributed by atoms with van der Waals surface area (Å²) in [5.41, 5.74) is -0.161. The standard InChI is InChI=1S/C10H8F3N3O/c1-5-15-10(16-17-5)4-14-9-3-7(12)6(11)2-8(9)13/h2-3,14H,4H2,1H3. The second-order valence-electron chi connectivity index (χ2n) is 3.33. The lowest BCUT2D eigenvalue weighted by atomic mass is 10.3. The fourth-order valence-corrected chi connectivity index (χ4v) is 1.25. The number of hydrogen-bond donors (Lipinski definition) is 1. The van der Waals surface area contributed by atoms with Gasteiger partial charge in [-0.25, -0.2) is 13.2 Å². The third-order valence-corrected chi connectivity index (χ3v) is 2.02. The van der Waals surface area contributed by atoms with Crippen molar-refractivity contribution in [3.63, 3.8) is 0 Å². The molecule has 1 heterocycles. The summed E-state index contributed by atoms with van der Waals surface area (Å²) in [7, 11) is 0. The summed E-state index contributed by atoms with van der Waals surface area (Å²) in [6.45, 7) is 1.66. The number of anilines is 1. The average Bonchev–Trinajstić information content (AvgIpc) is 2.68. The molecule has 0 saturated heterocycles. The van der Waals surface area contributed by atoms with Gasteiger partial charge in [0.1, 0.15) is 5.82 Å². The number of nitrogens with one attached hydrogen (secondary N) is 1. The van der Waals surface area contributed by atoms with Crippen LogP contribution in [0.3, 0.4) is 0 Å².